The molecular weight excluding hydrogens is 212 g/mol. The number of hydrogen-bond donors (Lipinski definition) is 4. The lowest BCUT2D eigenvalue weighted by atomic mass is 10.1. The zero-order chi connectivity index (χ0) is 12.8. The van der Waals surface area contributed by atoms with E-state index < -0.39 is 11.6 Å². The minimum atomic E-state index is -1.92. The van der Waals surface area contributed by atoms with E-state index >= 15 is 0 Å². The summed E-state index contributed by atoms with van der Waals surface area (Å²) in [7, 11) is 0. The third-order valence-corrected chi connectivity index (χ3v) is 2.22. The quantitative estimate of drug-likeness (QED) is 0.460. The summed E-state index contributed by atoms with van der Waals surface area (Å²) in [6.45, 7) is 5.80. The van der Waals surface area contributed by atoms with E-state index in [1.807, 2.05) is 6.92 Å². The zero-order valence-electron chi connectivity index (χ0n) is 9.91. The number of rotatable bonds is 7. The van der Waals surface area contributed by atoms with Crippen LogP contribution in [-0.2, 0) is 9.59 Å². The van der Waals surface area contributed by atoms with Crippen LogP contribution >= 0.6 is 0 Å². The summed E-state index contributed by atoms with van der Waals surface area (Å²) in [5, 5.41) is 23.4. The third kappa shape index (κ3) is 5.09. The fourth-order valence-corrected chi connectivity index (χ4v) is 0.963. The van der Waals surface area contributed by atoms with Crippen LogP contribution < -0.4 is 10.6 Å². The van der Waals surface area contributed by atoms with Crippen LogP contribution in [0.25, 0.3) is 0 Å². The first-order valence-corrected chi connectivity index (χ1v) is 5.25. The first-order valence-electron chi connectivity index (χ1n) is 5.25. The summed E-state index contributed by atoms with van der Waals surface area (Å²) in [6.07, 6.45) is 0. The van der Waals surface area contributed by atoms with Crippen molar-refractivity contribution >= 4 is 11.9 Å². The fourth-order valence-electron chi connectivity index (χ4n) is 0.963. The Hall–Kier alpha value is -1.14. The highest BCUT2D eigenvalue weighted by Gasteiger charge is 2.30. The first-order chi connectivity index (χ1) is 7.31. The number of aliphatic hydroxyl groups is 1. The predicted octanol–water partition coefficient (Wildman–Crippen LogP) is -0.816. The molecule has 0 aromatic rings. The molecule has 6 nitrogen and oxygen atoms in total. The molecule has 0 aromatic carbocycles. The summed E-state index contributed by atoms with van der Waals surface area (Å²) in [6, 6.07) is 0. The molecule has 0 aliphatic heterocycles. The van der Waals surface area contributed by atoms with Crippen molar-refractivity contribution in [2.24, 2.45) is 5.92 Å². The van der Waals surface area contributed by atoms with Crippen molar-refractivity contribution in [2.45, 2.75) is 26.4 Å². The normalized spacial score (nSPS) is 16.2. The van der Waals surface area contributed by atoms with Gasteiger partial charge in [-0.05, 0) is 13.5 Å². The third-order valence-electron chi connectivity index (χ3n) is 2.22. The van der Waals surface area contributed by atoms with Crippen molar-refractivity contribution < 1.29 is 19.8 Å². The molecule has 4 N–H and O–H groups in total. The molecule has 16 heavy (non-hydrogen) atoms. The number of carboxylic acid groups (broad SMARTS) is 1. The summed E-state index contributed by atoms with van der Waals surface area (Å²) in [5.41, 5.74) is -1.92. The van der Waals surface area contributed by atoms with Gasteiger partial charge in [-0.3, -0.25) is 4.79 Å². The first kappa shape index (κ1) is 14.9. The molecule has 0 aromatic heterocycles. The Morgan fingerprint density at radius 2 is 2.00 bits per heavy atom. The van der Waals surface area contributed by atoms with Crippen LogP contribution in [0.1, 0.15) is 20.8 Å². The predicted molar refractivity (Wildman–Crippen MR) is 59.0 cm³/mol. The maximum absolute atomic E-state index is 11.5. The number of nitrogens with one attached hydrogen (secondary N) is 2. The van der Waals surface area contributed by atoms with Gasteiger partial charge in [0.1, 0.15) is 0 Å². The molecule has 6 heteroatoms. The Bertz CT molecular complexity index is 253. The van der Waals surface area contributed by atoms with Crippen molar-refractivity contribution in [2.75, 3.05) is 19.6 Å². The van der Waals surface area contributed by atoms with E-state index in [0.717, 1.165) is 13.5 Å². The Morgan fingerprint density at radius 1 is 1.44 bits per heavy atom. The van der Waals surface area contributed by atoms with Crippen LogP contribution in [0.4, 0.5) is 0 Å². The topological polar surface area (TPSA) is 98.7 Å². The van der Waals surface area contributed by atoms with E-state index in [4.69, 9.17) is 5.11 Å². The van der Waals surface area contributed by atoms with Gasteiger partial charge in [0, 0.05) is 12.5 Å². The zero-order valence-corrected chi connectivity index (χ0v) is 9.91. The molecule has 94 valence electrons. The minimum absolute atomic E-state index is 0.260. The van der Waals surface area contributed by atoms with Crippen molar-refractivity contribution in [1.29, 1.82) is 0 Å². The molecular formula is C10H20N2O4. The molecule has 0 saturated carbocycles. The summed E-state index contributed by atoms with van der Waals surface area (Å²) >= 11 is 0. The molecule has 0 radical (unpaired) electrons. The van der Waals surface area contributed by atoms with E-state index in [2.05, 4.69) is 10.6 Å². The second-order valence-corrected chi connectivity index (χ2v) is 4.01. The van der Waals surface area contributed by atoms with Gasteiger partial charge in [-0.2, -0.15) is 0 Å². The van der Waals surface area contributed by atoms with Gasteiger partial charge in [-0.1, -0.05) is 13.8 Å². The average Bonchev–Trinajstić information content (AvgIpc) is 2.22. The van der Waals surface area contributed by atoms with Crippen molar-refractivity contribution in [3.05, 3.63) is 0 Å². The molecule has 2 atom stereocenters. The van der Waals surface area contributed by atoms with Crippen LogP contribution in [0.3, 0.4) is 0 Å². The van der Waals surface area contributed by atoms with Crippen molar-refractivity contribution in [3.63, 3.8) is 0 Å². The molecule has 0 fully saturated rings. The van der Waals surface area contributed by atoms with Crippen LogP contribution in [-0.4, -0.2) is 47.3 Å². The number of aliphatic carboxylic acids is 1. The number of amides is 1. The van der Waals surface area contributed by atoms with Crippen LogP contribution in [0.2, 0.25) is 0 Å². The van der Waals surface area contributed by atoms with E-state index in [1.54, 1.807) is 6.92 Å². The maximum Gasteiger partial charge on any atom is 0.337 e. The SMILES string of the molecule is CCNCC(C)C(=O)NCC(C)(O)C(=O)O. The van der Waals surface area contributed by atoms with Crippen LogP contribution in [0.15, 0.2) is 0 Å². The van der Waals surface area contributed by atoms with Gasteiger partial charge in [0.05, 0.1) is 6.54 Å². The Kier molecular flexibility index (Phi) is 5.98. The molecule has 0 spiro atoms. The fraction of sp³-hybridized carbons (Fsp3) is 0.800. The standard InChI is InChI=1S/C10H20N2O4/c1-4-11-5-7(2)8(13)12-6-10(3,16)9(14)15/h7,11,16H,4-6H2,1-3H3,(H,12,13)(H,14,15). The van der Waals surface area contributed by atoms with E-state index in [0.29, 0.717) is 6.54 Å². The molecule has 0 bridgehead atoms. The molecule has 0 saturated heterocycles. The Morgan fingerprint density at radius 3 is 2.44 bits per heavy atom. The average molecular weight is 232 g/mol. The number of carbonyl (C=O) groups is 2. The van der Waals surface area contributed by atoms with E-state index in [-0.39, 0.29) is 18.4 Å². The van der Waals surface area contributed by atoms with Crippen LogP contribution in [0.5, 0.6) is 0 Å². The second kappa shape index (κ2) is 6.44. The molecule has 1 amide bonds. The number of carbonyl (C=O) groups excluding carboxylic acids is 1. The number of carboxylic acids is 1. The summed E-state index contributed by atoms with van der Waals surface area (Å²) in [4.78, 5) is 22.0. The smallest absolute Gasteiger partial charge is 0.337 e. The van der Waals surface area contributed by atoms with Crippen molar-refractivity contribution in [3.8, 4) is 0 Å². The molecule has 0 aliphatic carbocycles. The molecule has 0 heterocycles. The highest BCUT2D eigenvalue weighted by atomic mass is 16.4. The summed E-state index contributed by atoms with van der Waals surface area (Å²) < 4.78 is 0. The lowest BCUT2D eigenvalue weighted by molar-refractivity contribution is -0.156. The maximum atomic E-state index is 11.5. The highest BCUT2D eigenvalue weighted by molar-refractivity contribution is 5.81. The second-order valence-electron chi connectivity index (χ2n) is 4.01. The lowest BCUT2D eigenvalue weighted by Gasteiger charge is -2.20. The number of hydrogen-bond acceptors (Lipinski definition) is 4. The lowest BCUT2D eigenvalue weighted by Crippen LogP contribution is -2.48. The van der Waals surface area contributed by atoms with Gasteiger partial charge < -0.3 is 20.8 Å². The van der Waals surface area contributed by atoms with E-state index in [9.17, 15) is 14.7 Å². The van der Waals surface area contributed by atoms with Crippen molar-refractivity contribution in [1.82, 2.24) is 10.6 Å². The molecule has 2 unspecified atom stereocenters. The van der Waals surface area contributed by atoms with Gasteiger partial charge in [-0.25, -0.2) is 4.79 Å². The van der Waals surface area contributed by atoms with Gasteiger partial charge >= 0.3 is 5.97 Å². The van der Waals surface area contributed by atoms with Gasteiger partial charge in [0.2, 0.25) is 5.91 Å². The minimum Gasteiger partial charge on any atom is -0.479 e. The largest absolute Gasteiger partial charge is 0.479 e. The molecule has 0 aliphatic rings. The molecule has 0 rings (SSSR count). The monoisotopic (exact) mass is 232 g/mol. The highest BCUT2D eigenvalue weighted by Crippen LogP contribution is 2.02. The van der Waals surface area contributed by atoms with Gasteiger partial charge in [0.25, 0.3) is 0 Å². The summed E-state index contributed by atoms with van der Waals surface area (Å²) in [5.74, 6) is -1.89. The van der Waals surface area contributed by atoms with Crippen LogP contribution in [0, 0.1) is 5.92 Å². The van der Waals surface area contributed by atoms with E-state index in [1.165, 1.54) is 0 Å². The Labute approximate surface area is 95.0 Å². The van der Waals surface area contributed by atoms with Gasteiger partial charge in [-0.15, -0.1) is 0 Å². The van der Waals surface area contributed by atoms with Gasteiger partial charge in [0.15, 0.2) is 5.60 Å². The Balaban J connectivity index is 4.02.